The lowest BCUT2D eigenvalue weighted by molar-refractivity contribution is -0.265. The van der Waals surface area contributed by atoms with Crippen molar-refractivity contribution in [1.82, 2.24) is 15.3 Å². The first kappa shape index (κ1) is 46.7. The van der Waals surface area contributed by atoms with E-state index in [2.05, 4.69) is 9.97 Å². The fourth-order valence-electron chi connectivity index (χ4n) is 4.99. The number of aromatic nitrogens is 2. The van der Waals surface area contributed by atoms with Crippen LogP contribution in [0.2, 0.25) is 0 Å². The molecule has 2 aromatic carbocycles. The van der Waals surface area contributed by atoms with Crippen LogP contribution in [0.15, 0.2) is 85.2 Å². The molecule has 2 fully saturated rings. The quantitative estimate of drug-likeness (QED) is 0.112. The minimum absolute atomic E-state index is 0. The Labute approximate surface area is 321 Å². The van der Waals surface area contributed by atoms with Gasteiger partial charge in [0, 0.05) is 58.6 Å². The summed E-state index contributed by atoms with van der Waals surface area (Å²) < 4.78 is 104. The van der Waals surface area contributed by atoms with Crippen LogP contribution in [0, 0.1) is 11.6 Å². The number of nitrogens with one attached hydrogen (secondary N) is 1. The molecule has 0 saturated heterocycles. The van der Waals surface area contributed by atoms with Crippen molar-refractivity contribution in [2.75, 3.05) is 0 Å². The monoisotopic (exact) mass is 826 g/mol. The molecule has 19 heteroatoms. The number of alkyl halides is 6. The van der Waals surface area contributed by atoms with Gasteiger partial charge in [-0.2, -0.15) is 26.3 Å². The summed E-state index contributed by atoms with van der Waals surface area (Å²) in [6.07, 6.45) is -4.03. The van der Waals surface area contributed by atoms with Crippen molar-refractivity contribution in [3.05, 3.63) is 130 Å². The van der Waals surface area contributed by atoms with E-state index in [4.69, 9.17) is 10.8 Å². The van der Waals surface area contributed by atoms with Gasteiger partial charge in [0.1, 0.15) is 11.6 Å². The number of carbonyl (C=O) groups is 2. The third-order valence-electron chi connectivity index (χ3n) is 8.40. The van der Waals surface area contributed by atoms with Gasteiger partial charge in [-0.3, -0.25) is 14.8 Å². The molecule has 300 valence electrons. The van der Waals surface area contributed by atoms with E-state index < -0.39 is 58.9 Å². The van der Waals surface area contributed by atoms with Crippen molar-refractivity contribution in [2.24, 2.45) is 5.73 Å². The summed E-state index contributed by atoms with van der Waals surface area (Å²) in [5.41, 5.74) is -1.30. The van der Waals surface area contributed by atoms with Gasteiger partial charge in [-0.05, 0) is 37.8 Å². The summed E-state index contributed by atoms with van der Waals surface area (Å²) in [5.74, 6) is -4.24. The maximum absolute atomic E-state index is 13.9. The van der Waals surface area contributed by atoms with E-state index >= 15 is 0 Å². The Balaban J connectivity index is 0.000000307. The number of hydrogen-bond donors (Lipinski definition) is 5. The molecule has 9 nitrogen and oxygen atoms in total. The Hall–Kier alpha value is -4.42. The first-order chi connectivity index (χ1) is 24.8. The highest BCUT2D eigenvalue weighted by atomic mass is 35.5. The zero-order valence-corrected chi connectivity index (χ0v) is 30.1. The topological polar surface area (TPSA) is 159 Å². The van der Waals surface area contributed by atoms with Crippen LogP contribution in [-0.2, 0) is 33.9 Å². The van der Waals surface area contributed by atoms with Crippen LogP contribution in [0.25, 0.3) is 0 Å². The standard InChI is InChI=1S/C18H16F4N2O2.C9H7F3O3.C9H11FN2.2ClH/c19-14-10-23-15(11-6-7-11)8-12(14)9-24-16(25)17(26,18(20,21)22)13-4-2-1-3-5-13;10-9(11,12)8(15,7(13)14)6-4-2-1-3-5-6;10-8-5-12-9(6-1-2-6)3-7(8)4-11;;/h1-5,8,10-11,26H,6-7,9H2,(H,24,25);1-5,15H,(H,13,14);3,5-6H,1-2,4,11H2;2*1H. The fourth-order valence-corrected chi connectivity index (χ4v) is 4.99. The van der Waals surface area contributed by atoms with Crippen LogP contribution in [0.3, 0.4) is 0 Å². The number of aliphatic hydroxyl groups is 2. The SMILES string of the molecule is Cl.Cl.NCc1cc(C2CC2)ncc1F.O=C(NCc1cc(C2CC2)ncc1F)C(O)(c1ccccc1)C(F)(F)F.O=C(O)C(O)(c1ccccc1)C(F)(F)F. The second-order valence-corrected chi connectivity index (χ2v) is 12.3. The molecule has 6 N–H and O–H groups in total. The molecular weight excluding hydrogens is 791 g/mol. The Bertz CT molecular complexity index is 1890. The highest BCUT2D eigenvalue weighted by molar-refractivity contribution is 5.87. The lowest BCUT2D eigenvalue weighted by Gasteiger charge is -2.29. The first-order valence-electron chi connectivity index (χ1n) is 16.0. The lowest BCUT2D eigenvalue weighted by atomic mass is 9.92. The Kier molecular flexibility index (Phi) is 16.1. The van der Waals surface area contributed by atoms with Crippen LogP contribution in [0.5, 0.6) is 0 Å². The molecule has 2 unspecified atom stereocenters. The molecule has 1 amide bonds. The summed E-state index contributed by atoms with van der Waals surface area (Å²) >= 11 is 0. The van der Waals surface area contributed by atoms with Crippen molar-refractivity contribution in [3.63, 3.8) is 0 Å². The lowest BCUT2D eigenvalue weighted by Crippen LogP contribution is -2.54. The van der Waals surface area contributed by atoms with Crippen LogP contribution in [0.1, 0.15) is 71.2 Å². The summed E-state index contributed by atoms with van der Waals surface area (Å²) in [6, 6.07) is 14.9. The molecule has 2 aromatic heterocycles. The normalized spacial score (nSPS) is 15.8. The number of amides is 1. The van der Waals surface area contributed by atoms with Gasteiger partial charge in [0.25, 0.3) is 17.1 Å². The molecule has 55 heavy (non-hydrogen) atoms. The maximum Gasteiger partial charge on any atom is 0.432 e. The molecular formula is C36H36Cl2F8N4O5. The minimum atomic E-state index is -5.26. The molecule has 2 aliphatic rings. The number of pyridine rings is 2. The van der Waals surface area contributed by atoms with Gasteiger partial charge in [-0.15, -0.1) is 24.8 Å². The average Bonchev–Trinajstić information content (AvgIpc) is 4.05. The molecule has 0 bridgehead atoms. The number of nitrogens with zero attached hydrogens (tertiary/aromatic N) is 2. The predicted molar refractivity (Wildman–Crippen MR) is 187 cm³/mol. The van der Waals surface area contributed by atoms with E-state index in [1.165, 1.54) is 61.5 Å². The number of nitrogens with two attached hydrogens (primary N) is 1. The van der Waals surface area contributed by atoms with E-state index in [0.717, 1.165) is 49.0 Å². The van der Waals surface area contributed by atoms with Gasteiger partial charge >= 0.3 is 18.3 Å². The summed E-state index contributed by atoms with van der Waals surface area (Å²) in [6.45, 7) is -0.230. The fraction of sp³-hybridized carbons (Fsp3) is 0.333. The number of hydrogen-bond acceptors (Lipinski definition) is 7. The number of rotatable bonds is 9. The van der Waals surface area contributed by atoms with Gasteiger partial charge in [0.05, 0.1) is 12.4 Å². The highest BCUT2D eigenvalue weighted by Gasteiger charge is 2.62. The van der Waals surface area contributed by atoms with Crippen molar-refractivity contribution in [1.29, 1.82) is 0 Å². The number of aliphatic carboxylic acids is 1. The number of carbonyl (C=O) groups excluding carboxylic acids is 1. The molecule has 4 aromatic rings. The zero-order valence-electron chi connectivity index (χ0n) is 28.5. The third-order valence-corrected chi connectivity index (χ3v) is 8.40. The highest BCUT2D eigenvalue weighted by Crippen LogP contribution is 2.42. The third kappa shape index (κ3) is 11.1. The zero-order chi connectivity index (χ0) is 39.2. The molecule has 2 aliphatic carbocycles. The number of carboxylic acids is 1. The summed E-state index contributed by atoms with van der Waals surface area (Å²) in [5, 5.41) is 29.8. The number of carboxylic acid groups (broad SMARTS) is 1. The van der Waals surface area contributed by atoms with Crippen molar-refractivity contribution in [2.45, 2.75) is 74.2 Å². The Morgan fingerprint density at radius 1 is 0.691 bits per heavy atom. The van der Waals surface area contributed by atoms with E-state index in [1.54, 1.807) is 6.07 Å². The minimum Gasteiger partial charge on any atom is -0.479 e. The smallest absolute Gasteiger partial charge is 0.432 e. The van der Waals surface area contributed by atoms with Gasteiger partial charge in [0.2, 0.25) is 0 Å². The van der Waals surface area contributed by atoms with E-state index in [0.29, 0.717) is 17.2 Å². The molecule has 0 radical (unpaired) electrons. The van der Waals surface area contributed by atoms with Crippen molar-refractivity contribution in [3.8, 4) is 0 Å². The predicted octanol–water partition coefficient (Wildman–Crippen LogP) is 7.09. The van der Waals surface area contributed by atoms with Gasteiger partial charge in [-0.25, -0.2) is 13.6 Å². The molecule has 2 atom stereocenters. The van der Waals surface area contributed by atoms with Crippen LogP contribution in [0.4, 0.5) is 35.1 Å². The van der Waals surface area contributed by atoms with Crippen molar-refractivity contribution < 1.29 is 60.0 Å². The van der Waals surface area contributed by atoms with Crippen LogP contribution >= 0.6 is 24.8 Å². The van der Waals surface area contributed by atoms with Gasteiger partial charge in [0.15, 0.2) is 0 Å². The van der Waals surface area contributed by atoms with E-state index in [1.807, 2.05) is 5.32 Å². The first-order valence-corrected chi connectivity index (χ1v) is 16.0. The van der Waals surface area contributed by atoms with Gasteiger partial charge < -0.3 is 26.4 Å². The molecule has 2 saturated carbocycles. The summed E-state index contributed by atoms with van der Waals surface area (Å²) in [7, 11) is 0. The van der Waals surface area contributed by atoms with E-state index in [9.17, 15) is 54.9 Å². The second-order valence-electron chi connectivity index (χ2n) is 12.3. The molecule has 0 spiro atoms. The van der Waals surface area contributed by atoms with Crippen molar-refractivity contribution >= 4 is 36.7 Å². The molecule has 0 aliphatic heterocycles. The average molecular weight is 828 g/mol. The maximum atomic E-state index is 13.9. The number of benzene rings is 2. The van der Waals surface area contributed by atoms with Gasteiger partial charge in [-0.1, -0.05) is 60.7 Å². The second kappa shape index (κ2) is 18.9. The largest absolute Gasteiger partial charge is 0.479 e. The van der Waals surface area contributed by atoms with E-state index in [-0.39, 0.29) is 48.7 Å². The molecule has 6 rings (SSSR count). The molecule has 2 heterocycles. The Morgan fingerprint density at radius 3 is 1.44 bits per heavy atom. The number of halogens is 10. The van der Waals surface area contributed by atoms with Crippen LogP contribution in [-0.4, -0.2) is 49.5 Å². The van der Waals surface area contributed by atoms with Crippen LogP contribution < -0.4 is 11.1 Å². The Morgan fingerprint density at radius 2 is 1.07 bits per heavy atom. The summed E-state index contributed by atoms with van der Waals surface area (Å²) in [4.78, 5) is 30.7.